The number of anilines is 2. The van der Waals surface area contributed by atoms with Crippen LogP contribution in [0.3, 0.4) is 0 Å². The monoisotopic (exact) mass is 455 g/mol. The lowest BCUT2D eigenvalue weighted by atomic mass is 10.1. The predicted octanol–water partition coefficient (Wildman–Crippen LogP) is 3.96. The van der Waals surface area contributed by atoms with Crippen molar-refractivity contribution in [2.75, 3.05) is 31.5 Å². The van der Waals surface area contributed by atoms with E-state index in [1.165, 1.54) is 24.3 Å². The molecule has 172 valence electrons. The fourth-order valence-corrected chi connectivity index (χ4v) is 4.37. The summed E-state index contributed by atoms with van der Waals surface area (Å²) in [4.78, 5) is 21.2. The molecule has 1 atom stereocenters. The van der Waals surface area contributed by atoms with E-state index in [4.69, 9.17) is 4.98 Å². The third-order valence-corrected chi connectivity index (χ3v) is 6.12. The lowest BCUT2D eigenvalue weighted by Gasteiger charge is -2.30. The van der Waals surface area contributed by atoms with Crippen molar-refractivity contribution in [3.8, 4) is 11.3 Å². The number of carbonyl (C=O) groups is 1. The first-order valence-corrected chi connectivity index (χ1v) is 11.0. The van der Waals surface area contributed by atoms with Gasteiger partial charge in [0.15, 0.2) is 0 Å². The zero-order valence-electron chi connectivity index (χ0n) is 18.0. The van der Waals surface area contributed by atoms with Crippen molar-refractivity contribution in [3.05, 3.63) is 66.0 Å². The highest BCUT2D eigenvalue weighted by molar-refractivity contribution is 5.79. The van der Waals surface area contributed by atoms with Gasteiger partial charge in [-0.1, -0.05) is 0 Å². The Labute approximate surface area is 189 Å². The van der Waals surface area contributed by atoms with Crippen LogP contribution in [0.15, 0.2) is 48.5 Å². The number of amides is 1. The fraction of sp³-hybridized carbons (Fsp3) is 0.333. The summed E-state index contributed by atoms with van der Waals surface area (Å²) in [5.74, 6) is 0.680. The third-order valence-electron chi connectivity index (χ3n) is 6.12. The van der Waals surface area contributed by atoms with Crippen molar-refractivity contribution in [2.45, 2.75) is 25.7 Å². The van der Waals surface area contributed by atoms with Crippen molar-refractivity contribution in [1.29, 1.82) is 0 Å². The van der Waals surface area contributed by atoms with Crippen LogP contribution in [0.4, 0.5) is 24.7 Å². The van der Waals surface area contributed by atoms with Gasteiger partial charge in [0.1, 0.15) is 35.1 Å². The van der Waals surface area contributed by atoms with Crippen molar-refractivity contribution in [1.82, 2.24) is 19.4 Å². The smallest absolute Gasteiger partial charge is 0.237 e. The lowest BCUT2D eigenvalue weighted by Crippen LogP contribution is -2.43. The second-order valence-corrected chi connectivity index (χ2v) is 8.45. The Balaban J connectivity index is 1.42. The van der Waals surface area contributed by atoms with Gasteiger partial charge in [0, 0.05) is 37.4 Å². The molecule has 2 aliphatic rings. The van der Waals surface area contributed by atoms with E-state index >= 15 is 0 Å². The molecule has 6 nitrogen and oxygen atoms in total. The summed E-state index contributed by atoms with van der Waals surface area (Å²) in [6.07, 6.45) is -0.395. The average Bonchev–Trinajstić information content (AvgIpc) is 3.38. The molecular formula is C24H24F3N5O. The van der Waals surface area contributed by atoms with E-state index < -0.39 is 6.17 Å². The number of nitrogens with one attached hydrogen (secondary N) is 1. The topological polar surface area (TPSA) is 53.4 Å². The van der Waals surface area contributed by atoms with Crippen LogP contribution in [-0.2, 0) is 17.9 Å². The highest BCUT2D eigenvalue weighted by Crippen LogP contribution is 2.33. The Morgan fingerprint density at radius 1 is 1.00 bits per heavy atom. The number of hydrogen-bond acceptors (Lipinski definition) is 4. The van der Waals surface area contributed by atoms with Crippen LogP contribution in [0.1, 0.15) is 12.2 Å². The molecule has 1 fully saturated rings. The Kier molecular flexibility index (Phi) is 5.80. The van der Waals surface area contributed by atoms with E-state index in [0.29, 0.717) is 62.2 Å². The second-order valence-electron chi connectivity index (χ2n) is 8.45. The number of rotatable bonds is 5. The number of halogens is 3. The molecule has 33 heavy (non-hydrogen) atoms. The Bertz CT molecular complexity index is 1150. The SMILES string of the molecule is O=C(CN1CCC(F)C1)N1CCn2c(nc(-c3ccc(F)cc3)c2Nc2ccc(F)cc2)C1. The summed E-state index contributed by atoms with van der Waals surface area (Å²) >= 11 is 0. The number of nitrogens with zero attached hydrogens (tertiary/aromatic N) is 4. The fourth-order valence-electron chi connectivity index (χ4n) is 4.37. The number of hydrogen-bond donors (Lipinski definition) is 1. The Hall–Kier alpha value is -3.33. The maximum atomic E-state index is 13.5. The molecule has 5 rings (SSSR count). The van der Waals surface area contributed by atoms with Gasteiger partial charge in [-0.15, -0.1) is 0 Å². The molecule has 2 aliphatic heterocycles. The van der Waals surface area contributed by atoms with Gasteiger partial charge in [-0.25, -0.2) is 18.2 Å². The van der Waals surface area contributed by atoms with Crippen LogP contribution in [0, 0.1) is 11.6 Å². The molecule has 0 radical (unpaired) electrons. The zero-order chi connectivity index (χ0) is 22.9. The van der Waals surface area contributed by atoms with Crippen LogP contribution >= 0.6 is 0 Å². The van der Waals surface area contributed by atoms with E-state index in [0.717, 1.165) is 5.56 Å². The number of alkyl halides is 1. The number of aromatic nitrogens is 2. The highest BCUT2D eigenvalue weighted by Gasteiger charge is 2.29. The minimum absolute atomic E-state index is 0.0466. The standard InChI is InChI=1S/C24H24F3N5O/c25-17-3-1-16(2-4-17)23-24(28-20-7-5-18(26)6-8-20)32-12-11-31(14-21(32)29-23)22(33)15-30-10-9-19(27)13-30/h1-8,19,28H,9-15H2. The van der Waals surface area contributed by atoms with E-state index in [1.54, 1.807) is 29.2 Å². The third kappa shape index (κ3) is 4.59. The summed E-state index contributed by atoms with van der Waals surface area (Å²) < 4.78 is 42.3. The van der Waals surface area contributed by atoms with Gasteiger partial charge in [-0.2, -0.15) is 0 Å². The van der Waals surface area contributed by atoms with Crippen LogP contribution in [0.5, 0.6) is 0 Å². The summed E-state index contributed by atoms with van der Waals surface area (Å²) in [5.41, 5.74) is 2.05. The molecule has 1 saturated heterocycles. The van der Waals surface area contributed by atoms with Gasteiger partial charge >= 0.3 is 0 Å². The van der Waals surface area contributed by atoms with Crippen molar-refractivity contribution in [2.24, 2.45) is 0 Å². The van der Waals surface area contributed by atoms with Gasteiger partial charge in [-0.3, -0.25) is 9.69 Å². The molecule has 3 heterocycles. The summed E-state index contributed by atoms with van der Waals surface area (Å²) in [6.45, 7) is 2.43. The predicted molar refractivity (Wildman–Crippen MR) is 119 cm³/mol. The van der Waals surface area contributed by atoms with Gasteiger partial charge in [0.25, 0.3) is 0 Å². The molecule has 9 heteroatoms. The van der Waals surface area contributed by atoms with Crippen molar-refractivity contribution >= 4 is 17.4 Å². The maximum absolute atomic E-state index is 13.5. The Morgan fingerprint density at radius 3 is 2.36 bits per heavy atom. The van der Waals surface area contributed by atoms with E-state index in [9.17, 15) is 18.0 Å². The van der Waals surface area contributed by atoms with E-state index in [-0.39, 0.29) is 24.1 Å². The quantitative estimate of drug-likeness (QED) is 0.633. The molecule has 0 bridgehead atoms. The second kappa shape index (κ2) is 8.90. The number of likely N-dealkylation sites (tertiary alicyclic amines) is 1. The number of imidazole rings is 1. The molecule has 1 N–H and O–H groups in total. The van der Waals surface area contributed by atoms with Crippen LogP contribution in [-0.4, -0.2) is 57.6 Å². The van der Waals surface area contributed by atoms with Crippen LogP contribution < -0.4 is 5.32 Å². The van der Waals surface area contributed by atoms with Gasteiger partial charge in [0.05, 0.1) is 13.1 Å². The number of benzene rings is 2. The minimum Gasteiger partial charge on any atom is -0.340 e. The number of fused-ring (bicyclic) bond motifs is 1. The molecule has 0 spiro atoms. The maximum Gasteiger partial charge on any atom is 0.237 e. The molecule has 1 aromatic heterocycles. The molecule has 0 aliphatic carbocycles. The average molecular weight is 455 g/mol. The van der Waals surface area contributed by atoms with Crippen LogP contribution in [0.2, 0.25) is 0 Å². The number of carbonyl (C=O) groups excluding carboxylic acids is 1. The summed E-state index contributed by atoms with van der Waals surface area (Å²) in [6, 6.07) is 12.1. The highest BCUT2D eigenvalue weighted by atomic mass is 19.1. The molecule has 2 aromatic carbocycles. The summed E-state index contributed by atoms with van der Waals surface area (Å²) in [5, 5.41) is 3.32. The lowest BCUT2D eigenvalue weighted by molar-refractivity contribution is -0.133. The normalized spacial score (nSPS) is 18.4. The first-order valence-electron chi connectivity index (χ1n) is 11.0. The molecule has 1 amide bonds. The molecule has 1 unspecified atom stereocenters. The largest absolute Gasteiger partial charge is 0.340 e. The van der Waals surface area contributed by atoms with Crippen molar-refractivity contribution < 1.29 is 18.0 Å². The van der Waals surface area contributed by atoms with Gasteiger partial charge in [-0.05, 0) is 55.0 Å². The minimum atomic E-state index is -0.864. The first-order chi connectivity index (χ1) is 16.0. The van der Waals surface area contributed by atoms with Gasteiger partial charge in [0.2, 0.25) is 5.91 Å². The van der Waals surface area contributed by atoms with E-state index in [2.05, 4.69) is 5.32 Å². The Morgan fingerprint density at radius 2 is 1.70 bits per heavy atom. The van der Waals surface area contributed by atoms with Gasteiger partial charge < -0.3 is 14.8 Å². The zero-order valence-corrected chi connectivity index (χ0v) is 18.0. The summed E-state index contributed by atoms with van der Waals surface area (Å²) in [7, 11) is 0. The van der Waals surface area contributed by atoms with Crippen molar-refractivity contribution in [3.63, 3.8) is 0 Å². The molecule has 0 saturated carbocycles. The first kappa shape index (κ1) is 21.5. The molecular weight excluding hydrogens is 431 g/mol. The van der Waals surface area contributed by atoms with Crippen LogP contribution in [0.25, 0.3) is 11.3 Å². The van der Waals surface area contributed by atoms with E-state index in [1.807, 2.05) is 9.47 Å². The molecule has 3 aromatic rings.